The molecule has 0 unspecified atom stereocenters. The predicted molar refractivity (Wildman–Crippen MR) is 52.4 cm³/mol. The maximum atomic E-state index is 5.13. The molecule has 1 aromatic rings. The van der Waals surface area contributed by atoms with Gasteiger partial charge in [0.1, 0.15) is 0 Å². The third-order valence-electron chi connectivity index (χ3n) is 2.78. The highest BCUT2D eigenvalue weighted by molar-refractivity contribution is 9.10. The fourth-order valence-corrected chi connectivity index (χ4v) is 2.14. The van der Waals surface area contributed by atoms with E-state index in [0.717, 1.165) is 11.8 Å². The number of rotatable bonds is 1. The molecule has 0 bridgehead atoms. The van der Waals surface area contributed by atoms with Crippen molar-refractivity contribution in [3.8, 4) is 0 Å². The second-order valence-corrected chi connectivity index (χ2v) is 4.57. The van der Waals surface area contributed by atoms with Crippen molar-refractivity contribution in [2.75, 3.05) is 0 Å². The van der Waals surface area contributed by atoms with E-state index in [-0.39, 0.29) is 0 Å². The average Bonchev–Trinajstić information content (AvgIpc) is 2.53. The topological polar surface area (TPSA) is 38.9 Å². The first-order chi connectivity index (χ1) is 6.25. The molecule has 0 aliphatic heterocycles. The molecule has 0 atom stereocenters. The minimum Gasteiger partial charge on any atom is -0.338 e. The molecular weight excluding hydrogens is 232 g/mol. The molecule has 1 fully saturated rings. The van der Waals surface area contributed by atoms with Gasteiger partial charge in [0.25, 0.3) is 0 Å². The zero-order valence-corrected chi connectivity index (χ0v) is 9.25. The second-order valence-electron chi connectivity index (χ2n) is 3.86. The van der Waals surface area contributed by atoms with Crippen molar-refractivity contribution in [3.05, 3.63) is 10.6 Å². The molecule has 4 heteroatoms. The van der Waals surface area contributed by atoms with Gasteiger partial charge >= 0.3 is 0 Å². The first-order valence-corrected chi connectivity index (χ1v) is 5.54. The van der Waals surface area contributed by atoms with E-state index in [2.05, 4.69) is 33.0 Å². The molecule has 1 aliphatic rings. The molecule has 1 saturated carbocycles. The van der Waals surface area contributed by atoms with Crippen LogP contribution in [-0.2, 0) is 0 Å². The minimum atomic E-state index is 0.495. The van der Waals surface area contributed by atoms with Crippen molar-refractivity contribution in [2.24, 2.45) is 5.92 Å². The first kappa shape index (κ1) is 9.19. The summed E-state index contributed by atoms with van der Waals surface area (Å²) in [5, 5.41) is 3.74. The fraction of sp³-hybridized carbons (Fsp3) is 0.778. The molecule has 1 aromatic heterocycles. The highest BCUT2D eigenvalue weighted by Gasteiger charge is 2.23. The van der Waals surface area contributed by atoms with Gasteiger partial charge in [-0.2, -0.15) is 4.98 Å². The van der Waals surface area contributed by atoms with Crippen LogP contribution in [0, 0.1) is 5.92 Å². The van der Waals surface area contributed by atoms with Gasteiger partial charge in [-0.25, -0.2) is 0 Å². The maximum Gasteiger partial charge on any atom is 0.238 e. The minimum absolute atomic E-state index is 0.495. The van der Waals surface area contributed by atoms with Crippen LogP contribution in [0.1, 0.15) is 44.4 Å². The SMILES string of the molecule is CC1CCC(c2nc(Br)no2)CC1. The zero-order valence-electron chi connectivity index (χ0n) is 7.66. The van der Waals surface area contributed by atoms with E-state index in [4.69, 9.17) is 4.52 Å². The van der Waals surface area contributed by atoms with Crippen LogP contribution in [0.15, 0.2) is 9.26 Å². The Morgan fingerprint density at radius 3 is 2.54 bits per heavy atom. The van der Waals surface area contributed by atoms with Crippen LogP contribution < -0.4 is 0 Å². The number of aromatic nitrogens is 2. The number of nitrogens with zero attached hydrogens (tertiary/aromatic N) is 2. The van der Waals surface area contributed by atoms with Crippen molar-refractivity contribution in [3.63, 3.8) is 0 Å². The largest absolute Gasteiger partial charge is 0.338 e. The third kappa shape index (κ3) is 2.10. The Labute approximate surface area is 86.0 Å². The van der Waals surface area contributed by atoms with Gasteiger partial charge in [-0.1, -0.05) is 6.92 Å². The van der Waals surface area contributed by atoms with Gasteiger partial charge in [0.2, 0.25) is 10.6 Å². The van der Waals surface area contributed by atoms with Crippen molar-refractivity contribution >= 4 is 15.9 Å². The molecule has 72 valence electrons. The Kier molecular flexibility index (Phi) is 2.67. The monoisotopic (exact) mass is 244 g/mol. The summed E-state index contributed by atoms with van der Waals surface area (Å²) in [5.41, 5.74) is 0. The second kappa shape index (κ2) is 3.78. The van der Waals surface area contributed by atoms with Crippen LogP contribution in [0.3, 0.4) is 0 Å². The Bertz CT molecular complexity index is 279. The van der Waals surface area contributed by atoms with Crippen molar-refractivity contribution in [1.29, 1.82) is 0 Å². The van der Waals surface area contributed by atoms with Crippen LogP contribution in [0.4, 0.5) is 0 Å². The zero-order chi connectivity index (χ0) is 9.26. The van der Waals surface area contributed by atoms with E-state index in [1.54, 1.807) is 0 Å². The van der Waals surface area contributed by atoms with E-state index < -0.39 is 0 Å². The first-order valence-electron chi connectivity index (χ1n) is 4.75. The smallest absolute Gasteiger partial charge is 0.238 e. The molecule has 0 N–H and O–H groups in total. The summed E-state index contributed by atoms with van der Waals surface area (Å²) in [7, 11) is 0. The summed E-state index contributed by atoms with van der Waals surface area (Å²) in [6.45, 7) is 2.31. The molecule has 13 heavy (non-hydrogen) atoms. The molecule has 0 amide bonds. The lowest BCUT2D eigenvalue weighted by Crippen LogP contribution is -2.10. The van der Waals surface area contributed by atoms with Crippen molar-refractivity contribution < 1.29 is 4.52 Å². The van der Waals surface area contributed by atoms with Gasteiger partial charge in [0.15, 0.2) is 0 Å². The molecule has 0 radical (unpaired) electrons. The lowest BCUT2D eigenvalue weighted by molar-refractivity contribution is 0.281. The van der Waals surface area contributed by atoms with E-state index in [1.807, 2.05) is 0 Å². The number of hydrogen-bond donors (Lipinski definition) is 0. The summed E-state index contributed by atoms with van der Waals surface area (Å²) in [6, 6.07) is 0. The van der Waals surface area contributed by atoms with E-state index in [9.17, 15) is 0 Å². The summed E-state index contributed by atoms with van der Waals surface area (Å²) in [5.74, 6) is 2.16. The van der Waals surface area contributed by atoms with Gasteiger partial charge in [0.05, 0.1) is 0 Å². The molecule has 2 rings (SSSR count). The van der Waals surface area contributed by atoms with Crippen molar-refractivity contribution in [1.82, 2.24) is 10.1 Å². The number of hydrogen-bond acceptors (Lipinski definition) is 3. The van der Waals surface area contributed by atoms with Crippen LogP contribution >= 0.6 is 15.9 Å². The quantitative estimate of drug-likeness (QED) is 0.762. The highest BCUT2D eigenvalue weighted by Crippen LogP contribution is 2.34. The van der Waals surface area contributed by atoms with E-state index >= 15 is 0 Å². The molecule has 0 spiro atoms. The Balaban J connectivity index is 2.02. The van der Waals surface area contributed by atoms with E-state index in [0.29, 0.717) is 10.7 Å². The molecule has 1 heterocycles. The third-order valence-corrected chi connectivity index (χ3v) is 3.10. The summed E-state index contributed by atoms with van der Waals surface area (Å²) in [4.78, 5) is 4.20. The summed E-state index contributed by atoms with van der Waals surface area (Å²) < 4.78 is 5.70. The normalized spacial score (nSPS) is 29.1. The van der Waals surface area contributed by atoms with Crippen LogP contribution in [0.25, 0.3) is 0 Å². The van der Waals surface area contributed by atoms with Crippen LogP contribution in [0.2, 0.25) is 0 Å². The van der Waals surface area contributed by atoms with Crippen LogP contribution in [-0.4, -0.2) is 10.1 Å². The predicted octanol–water partition coefficient (Wildman–Crippen LogP) is 3.13. The van der Waals surface area contributed by atoms with Gasteiger partial charge in [-0.05, 0) is 52.7 Å². The molecule has 0 saturated heterocycles. The summed E-state index contributed by atoms with van der Waals surface area (Å²) in [6.07, 6.45) is 4.95. The molecule has 3 nitrogen and oxygen atoms in total. The molecular formula is C9H13BrN2O. The van der Waals surface area contributed by atoms with Gasteiger partial charge in [0, 0.05) is 5.92 Å². The molecule has 1 aliphatic carbocycles. The Morgan fingerprint density at radius 2 is 2.00 bits per heavy atom. The van der Waals surface area contributed by atoms with E-state index in [1.165, 1.54) is 25.7 Å². The lowest BCUT2D eigenvalue weighted by Gasteiger charge is -2.22. The van der Waals surface area contributed by atoms with Crippen molar-refractivity contribution in [2.45, 2.75) is 38.5 Å². The van der Waals surface area contributed by atoms with Gasteiger partial charge in [-0.15, -0.1) is 0 Å². The van der Waals surface area contributed by atoms with Gasteiger partial charge < -0.3 is 4.52 Å². The number of halogens is 1. The summed E-state index contributed by atoms with van der Waals surface area (Å²) >= 11 is 3.19. The average molecular weight is 245 g/mol. The Hall–Kier alpha value is -0.380. The standard InChI is InChI=1S/C9H13BrN2O/c1-6-2-4-7(5-3-6)8-11-9(10)12-13-8/h6-7H,2-5H2,1H3. The Morgan fingerprint density at radius 1 is 1.31 bits per heavy atom. The highest BCUT2D eigenvalue weighted by atomic mass is 79.9. The lowest BCUT2D eigenvalue weighted by atomic mass is 9.83. The fourth-order valence-electron chi connectivity index (χ4n) is 1.89. The molecule has 0 aromatic carbocycles. The van der Waals surface area contributed by atoms with Crippen LogP contribution in [0.5, 0.6) is 0 Å². The van der Waals surface area contributed by atoms with Gasteiger partial charge in [-0.3, -0.25) is 0 Å². The maximum absolute atomic E-state index is 5.13.